The highest BCUT2D eigenvalue weighted by molar-refractivity contribution is 6.36. The lowest BCUT2D eigenvalue weighted by atomic mass is 10.0. The van der Waals surface area contributed by atoms with Gasteiger partial charge in [-0.25, -0.2) is 4.79 Å². The molecule has 0 saturated carbocycles. The van der Waals surface area contributed by atoms with Crippen molar-refractivity contribution in [2.24, 2.45) is 0 Å². The summed E-state index contributed by atoms with van der Waals surface area (Å²) in [4.78, 5) is 25.3. The summed E-state index contributed by atoms with van der Waals surface area (Å²) in [5.41, 5.74) is 1.06. The molecule has 23 heavy (non-hydrogen) atoms. The van der Waals surface area contributed by atoms with E-state index in [9.17, 15) is 14.7 Å². The van der Waals surface area contributed by atoms with Gasteiger partial charge in [0.15, 0.2) is 0 Å². The molecule has 0 bridgehead atoms. The van der Waals surface area contributed by atoms with Crippen molar-refractivity contribution in [2.45, 2.75) is 12.5 Å². The lowest BCUT2D eigenvalue weighted by molar-refractivity contribution is -0.141. The Balaban J connectivity index is 2.25. The Morgan fingerprint density at radius 2 is 1.78 bits per heavy atom. The minimum absolute atomic E-state index is 0.193. The zero-order valence-corrected chi connectivity index (χ0v) is 13.9. The molecular formula is C17H15Cl2NO3. The molecule has 0 aromatic heterocycles. The summed E-state index contributed by atoms with van der Waals surface area (Å²) < 4.78 is 0. The van der Waals surface area contributed by atoms with Crippen LogP contribution < -0.4 is 0 Å². The predicted molar refractivity (Wildman–Crippen MR) is 90.1 cm³/mol. The number of benzene rings is 2. The van der Waals surface area contributed by atoms with Gasteiger partial charge in [0.1, 0.15) is 6.04 Å². The van der Waals surface area contributed by atoms with Crippen molar-refractivity contribution in [1.82, 2.24) is 4.90 Å². The lowest BCUT2D eigenvalue weighted by Crippen LogP contribution is -2.43. The highest BCUT2D eigenvalue weighted by Crippen LogP contribution is 2.23. The quantitative estimate of drug-likeness (QED) is 0.891. The monoisotopic (exact) mass is 351 g/mol. The van der Waals surface area contributed by atoms with Crippen molar-refractivity contribution >= 4 is 35.1 Å². The fourth-order valence-electron chi connectivity index (χ4n) is 2.22. The van der Waals surface area contributed by atoms with E-state index in [1.54, 1.807) is 6.07 Å². The van der Waals surface area contributed by atoms with Crippen LogP contribution in [0, 0.1) is 0 Å². The van der Waals surface area contributed by atoms with E-state index in [1.165, 1.54) is 24.1 Å². The van der Waals surface area contributed by atoms with E-state index in [2.05, 4.69) is 0 Å². The van der Waals surface area contributed by atoms with Gasteiger partial charge in [-0.05, 0) is 23.8 Å². The average Bonchev–Trinajstić information content (AvgIpc) is 2.52. The number of carboxylic acids is 1. The van der Waals surface area contributed by atoms with Crippen molar-refractivity contribution in [3.05, 3.63) is 69.7 Å². The standard InChI is InChI=1S/C17H15Cl2NO3/c1-20(16(21)13-8-7-12(18)10-14(13)19)15(17(22)23)9-11-5-3-2-4-6-11/h2-8,10,15H,9H2,1H3,(H,22,23)/t15-/m0/s1. The van der Waals surface area contributed by atoms with Gasteiger partial charge in [-0.2, -0.15) is 0 Å². The zero-order chi connectivity index (χ0) is 17.0. The highest BCUT2D eigenvalue weighted by atomic mass is 35.5. The van der Waals surface area contributed by atoms with Crippen molar-refractivity contribution in [1.29, 1.82) is 0 Å². The molecule has 2 aromatic carbocycles. The van der Waals surface area contributed by atoms with Gasteiger partial charge in [0.05, 0.1) is 10.6 Å². The fourth-order valence-corrected chi connectivity index (χ4v) is 2.71. The molecule has 2 aromatic rings. The van der Waals surface area contributed by atoms with E-state index in [-0.39, 0.29) is 17.0 Å². The first-order valence-corrected chi connectivity index (χ1v) is 7.64. The second-order valence-electron chi connectivity index (χ2n) is 5.08. The first kappa shape index (κ1) is 17.3. The van der Waals surface area contributed by atoms with E-state index < -0.39 is 17.9 Å². The Kier molecular flexibility index (Phi) is 5.64. The van der Waals surface area contributed by atoms with Crippen LogP contribution in [0.4, 0.5) is 0 Å². The van der Waals surface area contributed by atoms with E-state index in [0.29, 0.717) is 5.02 Å². The normalized spacial score (nSPS) is 11.8. The predicted octanol–water partition coefficient (Wildman–Crippen LogP) is 3.76. The van der Waals surface area contributed by atoms with Gasteiger partial charge >= 0.3 is 5.97 Å². The van der Waals surface area contributed by atoms with Crippen LogP contribution in [0.5, 0.6) is 0 Å². The minimum atomic E-state index is -1.07. The number of amides is 1. The third-order valence-corrected chi connectivity index (χ3v) is 4.05. The summed E-state index contributed by atoms with van der Waals surface area (Å²) in [5.74, 6) is -1.54. The van der Waals surface area contributed by atoms with Crippen LogP contribution in [0.25, 0.3) is 0 Å². The van der Waals surface area contributed by atoms with Crippen LogP contribution in [0.2, 0.25) is 10.0 Å². The van der Waals surface area contributed by atoms with Gasteiger partial charge in [0.2, 0.25) is 0 Å². The van der Waals surface area contributed by atoms with Gasteiger partial charge in [0.25, 0.3) is 5.91 Å². The van der Waals surface area contributed by atoms with E-state index >= 15 is 0 Å². The number of rotatable bonds is 5. The maximum absolute atomic E-state index is 12.5. The maximum atomic E-state index is 12.5. The third-order valence-electron chi connectivity index (χ3n) is 3.51. The molecule has 0 saturated heterocycles. The van der Waals surface area contributed by atoms with E-state index in [0.717, 1.165) is 5.56 Å². The number of carboxylic acid groups (broad SMARTS) is 1. The van der Waals surface area contributed by atoms with Crippen LogP contribution in [-0.2, 0) is 11.2 Å². The highest BCUT2D eigenvalue weighted by Gasteiger charge is 2.28. The Morgan fingerprint density at radius 1 is 1.13 bits per heavy atom. The van der Waals surface area contributed by atoms with Crippen molar-refractivity contribution in [3.8, 4) is 0 Å². The van der Waals surface area contributed by atoms with Gasteiger partial charge in [-0.3, -0.25) is 4.79 Å². The molecule has 120 valence electrons. The largest absolute Gasteiger partial charge is 0.480 e. The molecule has 1 atom stereocenters. The van der Waals surface area contributed by atoms with Gasteiger partial charge in [-0.1, -0.05) is 53.5 Å². The number of carbonyl (C=O) groups is 2. The van der Waals surface area contributed by atoms with Crippen molar-refractivity contribution < 1.29 is 14.7 Å². The number of aliphatic carboxylic acids is 1. The van der Waals surface area contributed by atoms with Crippen LogP contribution in [0.1, 0.15) is 15.9 Å². The Bertz CT molecular complexity index is 719. The molecule has 6 heteroatoms. The van der Waals surface area contributed by atoms with Gasteiger partial charge < -0.3 is 10.0 Å². The Hall–Kier alpha value is -2.04. The molecule has 0 spiro atoms. The second kappa shape index (κ2) is 7.49. The number of carbonyl (C=O) groups excluding carboxylic acids is 1. The number of nitrogens with zero attached hydrogens (tertiary/aromatic N) is 1. The molecule has 0 fully saturated rings. The molecule has 0 aliphatic rings. The zero-order valence-electron chi connectivity index (χ0n) is 12.4. The SMILES string of the molecule is CN(C(=O)c1ccc(Cl)cc1Cl)[C@@H](Cc1ccccc1)C(=O)O. The summed E-state index contributed by atoms with van der Waals surface area (Å²) in [6.45, 7) is 0. The molecule has 0 aliphatic carbocycles. The molecule has 1 amide bonds. The second-order valence-corrected chi connectivity index (χ2v) is 5.93. The Morgan fingerprint density at radius 3 is 2.35 bits per heavy atom. The van der Waals surface area contributed by atoms with Crippen molar-refractivity contribution in [3.63, 3.8) is 0 Å². The molecular weight excluding hydrogens is 337 g/mol. The fraction of sp³-hybridized carbons (Fsp3) is 0.176. The first-order valence-electron chi connectivity index (χ1n) is 6.89. The van der Waals surface area contributed by atoms with Crippen LogP contribution >= 0.6 is 23.2 Å². The summed E-state index contributed by atoms with van der Waals surface area (Å²) in [7, 11) is 1.45. The summed E-state index contributed by atoms with van der Waals surface area (Å²) >= 11 is 11.9. The van der Waals surface area contributed by atoms with Gasteiger partial charge in [-0.15, -0.1) is 0 Å². The minimum Gasteiger partial charge on any atom is -0.480 e. The molecule has 0 radical (unpaired) electrons. The van der Waals surface area contributed by atoms with Crippen molar-refractivity contribution in [2.75, 3.05) is 7.05 Å². The number of hydrogen-bond acceptors (Lipinski definition) is 2. The molecule has 0 heterocycles. The average molecular weight is 352 g/mol. The number of halogens is 2. The topological polar surface area (TPSA) is 57.6 Å². The molecule has 2 rings (SSSR count). The maximum Gasteiger partial charge on any atom is 0.326 e. The van der Waals surface area contributed by atoms with Gasteiger partial charge in [0, 0.05) is 18.5 Å². The van der Waals surface area contributed by atoms with Crippen LogP contribution in [0.15, 0.2) is 48.5 Å². The number of hydrogen-bond donors (Lipinski definition) is 1. The Labute approximate surface area is 144 Å². The lowest BCUT2D eigenvalue weighted by Gasteiger charge is -2.25. The third kappa shape index (κ3) is 4.24. The van der Waals surface area contributed by atoms with E-state index in [4.69, 9.17) is 23.2 Å². The molecule has 0 aliphatic heterocycles. The van der Waals surface area contributed by atoms with E-state index in [1.807, 2.05) is 30.3 Å². The van der Waals surface area contributed by atoms with Crippen LogP contribution in [-0.4, -0.2) is 35.0 Å². The summed E-state index contributed by atoms with van der Waals surface area (Å²) in [6, 6.07) is 12.6. The molecule has 4 nitrogen and oxygen atoms in total. The number of likely N-dealkylation sites (N-methyl/N-ethyl adjacent to an activating group) is 1. The molecule has 0 unspecified atom stereocenters. The summed E-state index contributed by atoms with van der Waals surface area (Å²) in [6.07, 6.45) is 0.212. The van der Waals surface area contributed by atoms with Crippen LogP contribution in [0.3, 0.4) is 0 Å². The summed E-state index contributed by atoms with van der Waals surface area (Å²) in [5, 5.41) is 10.1. The first-order chi connectivity index (χ1) is 10.9. The smallest absolute Gasteiger partial charge is 0.326 e. The molecule has 1 N–H and O–H groups in total.